The molecular formula is C21H26F3N5OS. The fourth-order valence-electron chi connectivity index (χ4n) is 4.24. The van der Waals surface area contributed by atoms with Crippen LogP contribution >= 0.6 is 11.3 Å². The normalized spacial score (nSPS) is 20.6. The van der Waals surface area contributed by atoms with Crippen molar-refractivity contribution in [1.29, 1.82) is 0 Å². The van der Waals surface area contributed by atoms with E-state index >= 15 is 0 Å². The van der Waals surface area contributed by atoms with Crippen LogP contribution in [0.4, 0.5) is 24.1 Å². The second kappa shape index (κ2) is 9.52. The lowest BCUT2D eigenvalue weighted by Gasteiger charge is -2.34. The minimum atomic E-state index is -4.48. The van der Waals surface area contributed by atoms with Gasteiger partial charge >= 0.3 is 6.18 Å². The van der Waals surface area contributed by atoms with Crippen LogP contribution in [-0.2, 0) is 17.5 Å². The predicted molar refractivity (Wildman–Crippen MR) is 114 cm³/mol. The number of hydrogen-bond donors (Lipinski definition) is 1. The Morgan fingerprint density at radius 3 is 2.77 bits per heavy atom. The van der Waals surface area contributed by atoms with Crippen LogP contribution in [0.1, 0.15) is 43.4 Å². The van der Waals surface area contributed by atoms with Crippen molar-refractivity contribution in [3.8, 4) is 0 Å². The number of alkyl halides is 3. The van der Waals surface area contributed by atoms with Crippen molar-refractivity contribution in [2.45, 2.75) is 44.8 Å². The number of carbonyl (C=O) groups is 1. The second-order valence-electron chi connectivity index (χ2n) is 8.13. The first kappa shape index (κ1) is 22.0. The third kappa shape index (κ3) is 5.54. The molecule has 31 heavy (non-hydrogen) atoms. The number of likely N-dealkylation sites (tertiary alicyclic amines) is 1. The van der Waals surface area contributed by atoms with Gasteiger partial charge in [0.2, 0.25) is 5.91 Å². The molecule has 0 aromatic carbocycles. The van der Waals surface area contributed by atoms with Crippen molar-refractivity contribution in [3.63, 3.8) is 0 Å². The van der Waals surface area contributed by atoms with Crippen LogP contribution < -0.4 is 10.2 Å². The summed E-state index contributed by atoms with van der Waals surface area (Å²) < 4.78 is 40.1. The zero-order valence-corrected chi connectivity index (χ0v) is 18.0. The molecule has 1 amide bonds. The molecule has 2 aromatic heterocycles. The summed E-state index contributed by atoms with van der Waals surface area (Å²) in [6.07, 6.45) is 1.82. The summed E-state index contributed by atoms with van der Waals surface area (Å²) >= 11 is 1.39. The summed E-state index contributed by atoms with van der Waals surface area (Å²) in [5.74, 6) is -0.718. The number of thiazole rings is 1. The molecule has 10 heteroatoms. The summed E-state index contributed by atoms with van der Waals surface area (Å²) in [4.78, 5) is 25.2. The quantitative estimate of drug-likeness (QED) is 0.727. The smallest absolute Gasteiger partial charge is 0.355 e. The third-order valence-electron chi connectivity index (χ3n) is 5.80. The van der Waals surface area contributed by atoms with E-state index in [9.17, 15) is 18.0 Å². The Balaban J connectivity index is 1.38. The monoisotopic (exact) mass is 453 g/mol. The van der Waals surface area contributed by atoms with E-state index < -0.39 is 17.7 Å². The Hall–Kier alpha value is -2.20. The number of carbonyl (C=O) groups excluding carboxylic acids is 1. The van der Waals surface area contributed by atoms with E-state index in [1.807, 2.05) is 5.38 Å². The molecule has 4 heterocycles. The zero-order chi connectivity index (χ0) is 21.8. The highest BCUT2D eigenvalue weighted by Crippen LogP contribution is 2.36. The predicted octanol–water partition coefficient (Wildman–Crippen LogP) is 4.40. The van der Waals surface area contributed by atoms with Crippen LogP contribution in [-0.4, -0.2) is 47.0 Å². The summed E-state index contributed by atoms with van der Waals surface area (Å²) in [5.41, 5.74) is 0.175. The summed E-state index contributed by atoms with van der Waals surface area (Å²) in [5, 5.41) is 5.37. The number of anilines is 2. The molecule has 0 radical (unpaired) electrons. The number of amides is 1. The Bertz CT molecular complexity index is 897. The largest absolute Gasteiger partial charge is 0.419 e. The molecule has 0 spiro atoms. The molecule has 1 atom stereocenters. The molecular weight excluding hydrogens is 427 g/mol. The first-order valence-electron chi connectivity index (χ1n) is 10.6. The fraction of sp³-hybridized carbons (Fsp3) is 0.571. The van der Waals surface area contributed by atoms with Crippen LogP contribution in [0, 0.1) is 5.92 Å². The summed E-state index contributed by atoms with van der Waals surface area (Å²) in [6, 6.07) is 2.32. The van der Waals surface area contributed by atoms with E-state index in [0.29, 0.717) is 24.5 Å². The van der Waals surface area contributed by atoms with Gasteiger partial charge in [0.15, 0.2) is 5.13 Å². The molecule has 2 fully saturated rings. The number of hydrogen-bond acceptors (Lipinski definition) is 6. The number of halogens is 3. The van der Waals surface area contributed by atoms with Gasteiger partial charge < -0.3 is 10.2 Å². The molecule has 4 rings (SSSR count). The van der Waals surface area contributed by atoms with Crippen molar-refractivity contribution in [1.82, 2.24) is 14.9 Å². The molecule has 0 bridgehead atoms. The van der Waals surface area contributed by atoms with Gasteiger partial charge in [-0.3, -0.25) is 9.69 Å². The number of piperidine rings is 2. The number of pyridine rings is 1. The first-order chi connectivity index (χ1) is 14.9. The van der Waals surface area contributed by atoms with E-state index in [4.69, 9.17) is 0 Å². The fourth-order valence-corrected chi connectivity index (χ4v) is 4.95. The van der Waals surface area contributed by atoms with E-state index in [1.54, 1.807) is 4.90 Å². The Morgan fingerprint density at radius 1 is 1.19 bits per heavy atom. The van der Waals surface area contributed by atoms with Gasteiger partial charge in [0, 0.05) is 31.2 Å². The van der Waals surface area contributed by atoms with Crippen molar-refractivity contribution < 1.29 is 18.0 Å². The molecule has 0 aliphatic carbocycles. The third-order valence-corrected chi connectivity index (χ3v) is 6.61. The van der Waals surface area contributed by atoms with Crippen molar-refractivity contribution in [3.05, 3.63) is 35.0 Å². The van der Waals surface area contributed by atoms with Crippen LogP contribution in [0.25, 0.3) is 0 Å². The van der Waals surface area contributed by atoms with Crippen LogP contribution in [0.3, 0.4) is 0 Å². The van der Waals surface area contributed by atoms with Crippen molar-refractivity contribution >= 4 is 28.2 Å². The van der Waals surface area contributed by atoms with Gasteiger partial charge in [-0.15, -0.1) is 11.3 Å². The SMILES string of the molecule is O=C(Nc1nc(CN2CCCCC2)cs1)C1CCCN(c2ncccc2C(F)(F)F)C1. The average Bonchev–Trinajstić information content (AvgIpc) is 3.20. The molecule has 2 saturated heterocycles. The van der Waals surface area contributed by atoms with Gasteiger partial charge in [0.05, 0.1) is 17.2 Å². The van der Waals surface area contributed by atoms with Crippen LogP contribution in [0.2, 0.25) is 0 Å². The molecule has 6 nitrogen and oxygen atoms in total. The molecule has 168 valence electrons. The highest BCUT2D eigenvalue weighted by molar-refractivity contribution is 7.13. The van der Waals surface area contributed by atoms with Gasteiger partial charge in [-0.1, -0.05) is 6.42 Å². The number of rotatable bonds is 5. The lowest BCUT2D eigenvalue weighted by molar-refractivity contribution is -0.137. The lowest BCUT2D eigenvalue weighted by atomic mass is 9.97. The number of nitrogens with zero attached hydrogens (tertiary/aromatic N) is 4. The van der Waals surface area contributed by atoms with Gasteiger partial charge in [-0.2, -0.15) is 13.2 Å². The highest BCUT2D eigenvalue weighted by Gasteiger charge is 2.37. The van der Waals surface area contributed by atoms with Gasteiger partial charge in [-0.25, -0.2) is 9.97 Å². The van der Waals surface area contributed by atoms with E-state index in [1.165, 1.54) is 42.9 Å². The summed E-state index contributed by atoms with van der Waals surface area (Å²) in [6.45, 7) is 3.58. The second-order valence-corrected chi connectivity index (χ2v) is 8.99. The number of aromatic nitrogens is 2. The zero-order valence-electron chi connectivity index (χ0n) is 17.2. The molecule has 0 saturated carbocycles. The highest BCUT2D eigenvalue weighted by atomic mass is 32.1. The molecule has 2 aromatic rings. The minimum absolute atomic E-state index is 0.106. The van der Waals surface area contributed by atoms with Crippen LogP contribution in [0.15, 0.2) is 23.7 Å². The Labute approximate surface area is 183 Å². The minimum Gasteiger partial charge on any atom is -0.355 e. The van der Waals surface area contributed by atoms with Gasteiger partial charge in [-0.05, 0) is 50.9 Å². The molecule has 1 unspecified atom stereocenters. The first-order valence-corrected chi connectivity index (χ1v) is 11.5. The van der Waals surface area contributed by atoms with Gasteiger partial charge in [0.1, 0.15) is 5.82 Å². The van der Waals surface area contributed by atoms with E-state index in [2.05, 4.69) is 20.2 Å². The lowest BCUT2D eigenvalue weighted by Crippen LogP contribution is -2.42. The summed E-state index contributed by atoms with van der Waals surface area (Å²) in [7, 11) is 0. The van der Waals surface area contributed by atoms with E-state index in [0.717, 1.165) is 31.4 Å². The topological polar surface area (TPSA) is 61.4 Å². The number of nitrogens with one attached hydrogen (secondary N) is 1. The van der Waals surface area contributed by atoms with Crippen LogP contribution in [0.5, 0.6) is 0 Å². The molecule has 2 aliphatic rings. The standard InChI is InChI=1S/C21H26F3N5OS/c22-21(23,24)17-7-4-8-25-18(17)29-11-5-6-15(12-29)19(30)27-20-26-16(14-31-20)13-28-9-2-1-3-10-28/h4,7-8,14-15H,1-3,5-6,9-13H2,(H,26,27,30). The van der Waals surface area contributed by atoms with E-state index in [-0.39, 0.29) is 18.3 Å². The van der Waals surface area contributed by atoms with Crippen molar-refractivity contribution in [2.24, 2.45) is 5.92 Å². The maximum atomic E-state index is 13.4. The maximum absolute atomic E-state index is 13.4. The van der Waals surface area contributed by atoms with Crippen molar-refractivity contribution in [2.75, 3.05) is 36.4 Å². The average molecular weight is 454 g/mol. The molecule has 2 aliphatic heterocycles. The molecule has 1 N–H and O–H groups in total. The maximum Gasteiger partial charge on any atom is 0.419 e. The Morgan fingerprint density at radius 2 is 2.00 bits per heavy atom. The Kier molecular flexibility index (Phi) is 6.76. The van der Waals surface area contributed by atoms with Gasteiger partial charge in [0.25, 0.3) is 0 Å².